The summed E-state index contributed by atoms with van der Waals surface area (Å²) in [5.41, 5.74) is 2.20. The molecular weight excluding hydrogens is 564 g/mol. The molecule has 4 rings (SSSR count). The molecular formula is C30H36N2O11. The third kappa shape index (κ3) is 7.75. The third-order valence-electron chi connectivity index (χ3n) is 7.48. The predicted molar refractivity (Wildman–Crippen MR) is 149 cm³/mol. The monoisotopic (exact) mass is 600 g/mol. The van der Waals surface area contributed by atoms with Crippen LogP contribution in [0, 0.1) is 5.92 Å². The Labute approximate surface area is 248 Å². The summed E-state index contributed by atoms with van der Waals surface area (Å²) in [6.07, 6.45) is -6.20. The van der Waals surface area contributed by atoms with Gasteiger partial charge in [0.15, 0.2) is 6.29 Å². The van der Waals surface area contributed by atoms with Crippen molar-refractivity contribution in [2.75, 3.05) is 18.1 Å². The van der Waals surface area contributed by atoms with E-state index in [1.807, 2.05) is 30.3 Å². The fourth-order valence-corrected chi connectivity index (χ4v) is 5.25. The highest BCUT2D eigenvalue weighted by Gasteiger charge is 2.50. The van der Waals surface area contributed by atoms with E-state index in [4.69, 9.17) is 14.2 Å². The zero-order chi connectivity index (χ0) is 31.1. The highest BCUT2D eigenvalue weighted by Crippen LogP contribution is 2.29. The van der Waals surface area contributed by atoms with Crippen molar-refractivity contribution in [3.05, 3.63) is 65.7 Å². The number of carboxylic acid groups (broad SMARTS) is 1. The van der Waals surface area contributed by atoms with Gasteiger partial charge >= 0.3 is 17.9 Å². The zero-order valence-corrected chi connectivity index (χ0v) is 23.6. The van der Waals surface area contributed by atoms with Crippen LogP contribution in [0.4, 0.5) is 5.69 Å². The molecule has 0 spiro atoms. The number of esters is 2. The third-order valence-corrected chi connectivity index (χ3v) is 7.48. The first-order valence-electron chi connectivity index (χ1n) is 14.1. The summed E-state index contributed by atoms with van der Waals surface area (Å²) in [7, 11) is 0. The minimum atomic E-state index is -2.01. The zero-order valence-electron chi connectivity index (χ0n) is 23.6. The molecule has 0 aliphatic carbocycles. The van der Waals surface area contributed by atoms with Crippen LogP contribution in [0.5, 0.6) is 0 Å². The maximum Gasteiger partial charge on any atom is 0.328 e. The normalized spacial score (nSPS) is 26.1. The summed E-state index contributed by atoms with van der Waals surface area (Å²) in [5.74, 6) is -5.63. The summed E-state index contributed by atoms with van der Waals surface area (Å²) in [6.45, 7) is 1.19. The van der Waals surface area contributed by atoms with Gasteiger partial charge in [-0.05, 0) is 49.8 Å². The number of anilines is 1. The van der Waals surface area contributed by atoms with E-state index < -0.39 is 73.1 Å². The largest absolute Gasteiger partial charge is 0.481 e. The number of amides is 1. The van der Waals surface area contributed by atoms with Gasteiger partial charge in [0.25, 0.3) is 0 Å². The molecule has 2 aromatic carbocycles. The Balaban J connectivity index is 1.53. The molecule has 13 heteroatoms. The van der Waals surface area contributed by atoms with Crippen molar-refractivity contribution in [3.63, 3.8) is 0 Å². The Morgan fingerprint density at radius 2 is 1.74 bits per heavy atom. The number of hydrogen-bond acceptors (Lipinski definition) is 11. The second kappa shape index (κ2) is 14.5. The maximum atomic E-state index is 13.9. The van der Waals surface area contributed by atoms with Crippen molar-refractivity contribution in [1.29, 1.82) is 0 Å². The standard InChI is InChI=1S/C30H36N2O11/c1-2-41-28(39)20(14-12-17-8-4-3-5-9-17)31-19-15-13-18-10-6-7-11-21(18)32(26(19)36)16-22(33)42-30-23(27(37)38)24(34)25(35)29(40)43-30/h3-11,19-20,23-25,29-31,34-35,40H,2,12-16H2,1H3,(H,37,38)/t19-,20-,23+,24-,25+,29-,30+/m0/s1. The molecule has 7 atom stereocenters. The van der Waals surface area contributed by atoms with E-state index in [1.54, 1.807) is 31.2 Å². The number of aliphatic hydroxyl groups excluding tert-OH is 3. The SMILES string of the molecule is CCOC(=O)[C@H](CCc1ccccc1)N[C@H]1CCc2ccccc2N(CC(=O)O[C@@H]2O[C@H](O)[C@H](O)[C@@H](O)[C@@H]2C(=O)O)C1=O. The van der Waals surface area contributed by atoms with Crippen LogP contribution in [0.15, 0.2) is 54.6 Å². The van der Waals surface area contributed by atoms with E-state index in [0.717, 1.165) is 11.1 Å². The molecule has 2 heterocycles. The molecule has 13 nitrogen and oxygen atoms in total. The highest BCUT2D eigenvalue weighted by atomic mass is 16.8. The summed E-state index contributed by atoms with van der Waals surface area (Å²) in [4.78, 5) is 52.8. The van der Waals surface area contributed by atoms with Gasteiger partial charge in [-0.25, -0.2) is 0 Å². The number of para-hydroxylation sites is 1. The number of carbonyl (C=O) groups excluding carboxylic acids is 3. The minimum absolute atomic E-state index is 0.158. The molecule has 0 aromatic heterocycles. The number of fused-ring (bicyclic) bond motifs is 1. The molecule has 1 fully saturated rings. The number of aryl methyl sites for hydroxylation is 2. The van der Waals surface area contributed by atoms with Crippen molar-refractivity contribution >= 4 is 29.5 Å². The summed E-state index contributed by atoms with van der Waals surface area (Å²) < 4.78 is 15.4. The van der Waals surface area contributed by atoms with Crippen LogP contribution in [0.1, 0.15) is 30.9 Å². The van der Waals surface area contributed by atoms with Crippen molar-refractivity contribution < 1.29 is 53.8 Å². The van der Waals surface area contributed by atoms with Gasteiger partial charge in [0.1, 0.15) is 30.7 Å². The minimum Gasteiger partial charge on any atom is -0.481 e. The van der Waals surface area contributed by atoms with Crippen LogP contribution < -0.4 is 10.2 Å². The molecule has 43 heavy (non-hydrogen) atoms. The van der Waals surface area contributed by atoms with Gasteiger partial charge in [0.2, 0.25) is 12.2 Å². The van der Waals surface area contributed by atoms with Gasteiger partial charge < -0.3 is 34.6 Å². The number of benzene rings is 2. The Morgan fingerprint density at radius 3 is 2.44 bits per heavy atom. The first-order valence-corrected chi connectivity index (χ1v) is 14.1. The molecule has 232 valence electrons. The average Bonchev–Trinajstić information content (AvgIpc) is 3.10. The summed E-state index contributed by atoms with van der Waals surface area (Å²) >= 11 is 0. The smallest absolute Gasteiger partial charge is 0.328 e. The Hall–Kier alpha value is -3.88. The van der Waals surface area contributed by atoms with Gasteiger partial charge in [-0.3, -0.25) is 29.4 Å². The lowest BCUT2D eigenvalue weighted by Crippen LogP contribution is -2.58. The highest BCUT2D eigenvalue weighted by molar-refractivity contribution is 6.02. The van der Waals surface area contributed by atoms with E-state index in [2.05, 4.69) is 5.32 Å². The maximum absolute atomic E-state index is 13.9. The number of carboxylic acids is 1. The Kier molecular flexibility index (Phi) is 10.8. The van der Waals surface area contributed by atoms with Crippen LogP contribution in [-0.4, -0.2) is 94.3 Å². The molecule has 0 unspecified atom stereocenters. The Bertz CT molecular complexity index is 1290. The summed E-state index contributed by atoms with van der Waals surface area (Å²) in [5, 5.41) is 42.5. The molecule has 0 saturated carbocycles. The van der Waals surface area contributed by atoms with E-state index in [0.29, 0.717) is 31.4 Å². The fraction of sp³-hybridized carbons (Fsp3) is 0.467. The van der Waals surface area contributed by atoms with Gasteiger partial charge in [0, 0.05) is 5.69 Å². The number of carbonyl (C=O) groups is 4. The number of nitrogens with zero attached hydrogens (tertiary/aromatic N) is 1. The van der Waals surface area contributed by atoms with Crippen LogP contribution in [0.25, 0.3) is 0 Å². The van der Waals surface area contributed by atoms with E-state index in [9.17, 15) is 39.6 Å². The number of aliphatic carboxylic acids is 1. The number of nitrogens with one attached hydrogen (secondary N) is 1. The van der Waals surface area contributed by atoms with Gasteiger partial charge in [-0.15, -0.1) is 0 Å². The molecule has 2 aliphatic rings. The van der Waals surface area contributed by atoms with Crippen molar-refractivity contribution in [2.24, 2.45) is 5.92 Å². The quantitative estimate of drug-likeness (QED) is 0.219. The first kappa shape index (κ1) is 32.0. The summed E-state index contributed by atoms with van der Waals surface area (Å²) in [6, 6.07) is 14.8. The second-order valence-electron chi connectivity index (χ2n) is 10.4. The molecule has 2 aliphatic heterocycles. The molecule has 1 amide bonds. The molecule has 1 saturated heterocycles. The van der Waals surface area contributed by atoms with Gasteiger partial charge in [0.05, 0.1) is 12.6 Å². The van der Waals surface area contributed by atoms with E-state index >= 15 is 0 Å². The van der Waals surface area contributed by atoms with Crippen LogP contribution in [0.3, 0.4) is 0 Å². The topological polar surface area (TPSA) is 192 Å². The second-order valence-corrected chi connectivity index (χ2v) is 10.4. The van der Waals surface area contributed by atoms with Crippen molar-refractivity contribution in [2.45, 2.75) is 69.5 Å². The lowest BCUT2D eigenvalue weighted by Gasteiger charge is -2.38. The van der Waals surface area contributed by atoms with Crippen molar-refractivity contribution in [1.82, 2.24) is 5.32 Å². The molecule has 0 radical (unpaired) electrons. The molecule has 2 aromatic rings. The number of ether oxygens (including phenoxy) is 3. The van der Waals surface area contributed by atoms with Crippen LogP contribution >= 0.6 is 0 Å². The van der Waals surface area contributed by atoms with Crippen LogP contribution in [-0.2, 0) is 46.2 Å². The van der Waals surface area contributed by atoms with Crippen LogP contribution in [0.2, 0.25) is 0 Å². The average molecular weight is 601 g/mol. The van der Waals surface area contributed by atoms with Gasteiger partial charge in [-0.2, -0.15) is 0 Å². The predicted octanol–water partition coefficient (Wildman–Crippen LogP) is 0.129. The van der Waals surface area contributed by atoms with E-state index in [1.165, 1.54) is 4.90 Å². The number of hydrogen-bond donors (Lipinski definition) is 5. The van der Waals surface area contributed by atoms with E-state index in [-0.39, 0.29) is 6.61 Å². The lowest BCUT2D eigenvalue weighted by atomic mass is 9.94. The fourth-order valence-electron chi connectivity index (χ4n) is 5.25. The van der Waals surface area contributed by atoms with Gasteiger partial charge in [-0.1, -0.05) is 48.5 Å². The molecule has 5 N–H and O–H groups in total. The van der Waals surface area contributed by atoms with Crippen molar-refractivity contribution in [3.8, 4) is 0 Å². The Morgan fingerprint density at radius 1 is 1.05 bits per heavy atom. The number of rotatable bonds is 11. The molecule has 0 bridgehead atoms. The number of aliphatic hydroxyl groups is 3. The lowest BCUT2D eigenvalue weighted by molar-refractivity contribution is -0.316. The first-order chi connectivity index (χ1) is 20.6.